The Hall–Kier alpha value is -1.16. The Kier molecular flexibility index (Phi) is 5.97. The molecule has 118 valence electrons. The molecule has 0 saturated heterocycles. The van der Waals surface area contributed by atoms with Gasteiger partial charge in [0.1, 0.15) is 0 Å². The van der Waals surface area contributed by atoms with Crippen LogP contribution in [0, 0.1) is 17.6 Å². The lowest BCUT2D eigenvalue weighted by Gasteiger charge is -2.27. The summed E-state index contributed by atoms with van der Waals surface area (Å²) in [7, 11) is 0. The quantitative estimate of drug-likeness (QED) is 0.785. The molecular formula is C17H25F2NO. The third-order valence-corrected chi connectivity index (χ3v) is 3.99. The predicted molar refractivity (Wildman–Crippen MR) is 80.4 cm³/mol. The molecule has 0 aromatic heterocycles. The van der Waals surface area contributed by atoms with Crippen LogP contribution >= 0.6 is 0 Å². The van der Waals surface area contributed by atoms with Crippen LogP contribution in [0.5, 0.6) is 5.75 Å². The predicted octanol–water partition coefficient (Wildman–Crippen LogP) is 4.42. The van der Waals surface area contributed by atoms with E-state index in [1.54, 1.807) is 0 Å². The molecule has 1 fully saturated rings. The fraction of sp³-hybridized carbons (Fsp3) is 0.647. The van der Waals surface area contributed by atoms with Crippen LogP contribution in [0.15, 0.2) is 12.1 Å². The van der Waals surface area contributed by atoms with E-state index < -0.39 is 11.6 Å². The normalized spacial score (nSPS) is 22.3. The van der Waals surface area contributed by atoms with Gasteiger partial charge in [0.15, 0.2) is 17.4 Å². The minimum absolute atomic E-state index is 0.0678. The van der Waals surface area contributed by atoms with Crippen LogP contribution < -0.4 is 10.1 Å². The van der Waals surface area contributed by atoms with Crippen LogP contribution in [0.3, 0.4) is 0 Å². The highest BCUT2D eigenvalue weighted by Gasteiger charge is 2.23. The van der Waals surface area contributed by atoms with Gasteiger partial charge < -0.3 is 10.1 Å². The van der Waals surface area contributed by atoms with Crippen molar-refractivity contribution >= 4 is 0 Å². The molecule has 2 nitrogen and oxygen atoms in total. The molecule has 1 aliphatic carbocycles. The lowest BCUT2D eigenvalue weighted by molar-refractivity contribution is 0.118. The molecule has 4 heteroatoms. The molecule has 1 aromatic rings. The van der Waals surface area contributed by atoms with Crippen molar-refractivity contribution in [3.63, 3.8) is 0 Å². The minimum Gasteiger partial charge on any atom is -0.484 e. The van der Waals surface area contributed by atoms with E-state index in [0.717, 1.165) is 32.2 Å². The Bertz CT molecular complexity index is 441. The standard InChI is InChI=1S/C17H25F2NO/c1-3-7-20-11-13-9-15(18)17(16(19)10-13)21-14-6-4-5-12(2)8-14/h9-10,12,14,20H,3-8,11H2,1-2H3. The molecule has 2 rings (SSSR count). The lowest BCUT2D eigenvalue weighted by atomic mass is 9.89. The van der Waals surface area contributed by atoms with Gasteiger partial charge in [-0.2, -0.15) is 0 Å². The summed E-state index contributed by atoms with van der Waals surface area (Å²) < 4.78 is 33.8. The van der Waals surface area contributed by atoms with Gasteiger partial charge in [0.05, 0.1) is 6.10 Å². The summed E-state index contributed by atoms with van der Waals surface area (Å²) in [6, 6.07) is 2.74. The van der Waals surface area contributed by atoms with Crippen LogP contribution in [-0.2, 0) is 6.54 Å². The van der Waals surface area contributed by atoms with Crippen LogP contribution in [0.4, 0.5) is 8.78 Å². The van der Waals surface area contributed by atoms with Crippen LogP contribution in [0.2, 0.25) is 0 Å². The molecule has 0 aliphatic heterocycles. The van der Waals surface area contributed by atoms with Gasteiger partial charge in [-0.25, -0.2) is 8.78 Å². The molecule has 0 bridgehead atoms. The maximum atomic E-state index is 14.1. The van der Waals surface area contributed by atoms with E-state index in [4.69, 9.17) is 4.74 Å². The molecule has 0 spiro atoms. The Morgan fingerprint density at radius 2 is 1.95 bits per heavy atom. The average Bonchev–Trinajstić information content (AvgIpc) is 2.43. The molecule has 0 heterocycles. The second-order valence-corrected chi connectivity index (χ2v) is 6.08. The SMILES string of the molecule is CCCNCc1cc(F)c(OC2CCCC(C)C2)c(F)c1. The Balaban J connectivity index is 2.02. The molecule has 0 amide bonds. The lowest BCUT2D eigenvalue weighted by Crippen LogP contribution is -2.25. The smallest absolute Gasteiger partial charge is 0.191 e. The van der Waals surface area contributed by atoms with Gasteiger partial charge in [-0.3, -0.25) is 0 Å². The zero-order valence-electron chi connectivity index (χ0n) is 12.9. The van der Waals surface area contributed by atoms with Crippen LogP contribution in [0.1, 0.15) is 51.5 Å². The van der Waals surface area contributed by atoms with Crippen molar-refractivity contribution in [1.29, 1.82) is 0 Å². The van der Waals surface area contributed by atoms with Gasteiger partial charge in [-0.1, -0.05) is 20.3 Å². The van der Waals surface area contributed by atoms with E-state index >= 15 is 0 Å². The monoisotopic (exact) mass is 297 g/mol. The molecule has 1 aromatic carbocycles. The van der Waals surface area contributed by atoms with Crippen molar-refractivity contribution < 1.29 is 13.5 Å². The molecule has 1 saturated carbocycles. The number of hydrogen-bond acceptors (Lipinski definition) is 2. The van der Waals surface area contributed by atoms with Crippen molar-refractivity contribution in [3.05, 3.63) is 29.3 Å². The zero-order chi connectivity index (χ0) is 15.2. The van der Waals surface area contributed by atoms with Gasteiger partial charge >= 0.3 is 0 Å². The highest BCUT2D eigenvalue weighted by Crippen LogP contribution is 2.30. The molecule has 2 atom stereocenters. The van der Waals surface area contributed by atoms with E-state index in [2.05, 4.69) is 19.2 Å². The second-order valence-electron chi connectivity index (χ2n) is 6.08. The van der Waals surface area contributed by atoms with Crippen LogP contribution in [0.25, 0.3) is 0 Å². The minimum atomic E-state index is -0.596. The first kappa shape index (κ1) is 16.2. The van der Waals surface area contributed by atoms with E-state index in [1.165, 1.54) is 18.6 Å². The van der Waals surface area contributed by atoms with Crippen molar-refractivity contribution in [3.8, 4) is 5.75 Å². The molecule has 21 heavy (non-hydrogen) atoms. The van der Waals surface area contributed by atoms with Gasteiger partial charge in [-0.05, 0) is 55.8 Å². The highest BCUT2D eigenvalue weighted by atomic mass is 19.1. The summed E-state index contributed by atoms with van der Waals surface area (Å²) in [6.45, 7) is 5.52. The Labute approximate surface area is 125 Å². The first-order valence-corrected chi connectivity index (χ1v) is 7.95. The number of halogens is 2. The van der Waals surface area contributed by atoms with Crippen molar-refractivity contribution in [2.75, 3.05) is 6.54 Å². The molecule has 1 aliphatic rings. The third kappa shape index (κ3) is 4.67. The Morgan fingerprint density at radius 1 is 1.24 bits per heavy atom. The number of benzene rings is 1. The van der Waals surface area contributed by atoms with Crippen LogP contribution in [-0.4, -0.2) is 12.6 Å². The first-order valence-electron chi connectivity index (χ1n) is 7.95. The zero-order valence-corrected chi connectivity index (χ0v) is 12.9. The van der Waals surface area contributed by atoms with E-state index in [-0.39, 0.29) is 11.9 Å². The number of nitrogens with one attached hydrogen (secondary N) is 1. The van der Waals surface area contributed by atoms with E-state index in [0.29, 0.717) is 18.0 Å². The summed E-state index contributed by atoms with van der Waals surface area (Å²) in [5.41, 5.74) is 0.614. The fourth-order valence-corrected chi connectivity index (χ4v) is 2.89. The summed E-state index contributed by atoms with van der Waals surface area (Å²) in [5.74, 6) is -0.844. The van der Waals surface area contributed by atoms with Gasteiger partial charge in [0.25, 0.3) is 0 Å². The summed E-state index contributed by atoms with van der Waals surface area (Å²) >= 11 is 0. The molecule has 0 radical (unpaired) electrons. The van der Waals surface area contributed by atoms with Gasteiger partial charge in [0, 0.05) is 6.54 Å². The van der Waals surface area contributed by atoms with Gasteiger partial charge in [0.2, 0.25) is 0 Å². The summed E-state index contributed by atoms with van der Waals surface area (Å²) in [5, 5.41) is 3.14. The highest BCUT2D eigenvalue weighted by molar-refractivity contribution is 5.31. The Morgan fingerprint density at radius 3 is 2.57 bits per heavy atom. The molecule has 1 N–H and O–H groups in total. The van der Waals surface area contributed by atoms with Crippen molar-refractivity contribution in [1.82, 2.24) is 5.32 Å². The summed E-state index contributed by atoms with van der Waals surface area (Å²) in [4.78, 5) is 0. The second kappa shape index (κ2) is 7.74. The number of rotatable bonds is 6. The molecule has 2 unspecified atom stereocenters. The largest absolute Gasteiger partial charge is 0.484 e. The fourth-order valence-electron chi connectivity index (χ4n) is 2.89. The maximum absolute atomic E-state index is 14.1. The number of ether oxygens (including phenoxy) is 1. The average molecular weight is 297 g/mol. The van der Waals surface area contributed by atoms with Crippen molar-refractivity contribution in [2.24, 2.45) is 5.92 Å². The maximum Gasteiger partial charge on any atom is 0.191 e. The van der Waals surface area contributed by atoms with E-state index in [1.807, 2.05) is 0 Å². The number of hydrogen-bond donors (Lipinski definition) is 1. The van der Waals surface area contributed by atoms with Gasteiger partial charge in [-0.15, -0.1) is 0 Å². The van der Waals surface area contributed by atoms with Crippen molar-refractivity contribution in [2.45, 2.75) is 58.6 Å². The third-order valence-electron chi connectivity index (χ3n) is 3.99. The summed E-state index contributed by atoms with van der Waals surface area (Å²) in [6.07, 6.45) is 4.91. The van der Waals surface area contributed by atoms with E-state index in [9.17, 15) is 8.78 Å². The first-order chi connectivity index (χ1) is 10.1. The molecular weight excluding hydrogens is 272 g/mol. The topological polar surface area (TPSA) is 21.3 Å².